The van der Waals surface area contributed by atoms with Crippen molar-refractivity contribution in [1.82, 2.24) is 14.5 Å². The maximum Gasteiger partial charge on any atom is 0.140 e. The lowest BCUT2D eigenvalue weighted by Gasteiger charge is -2.09. The standard InChI is InChI=1S/C12H15N3.C2H6/c1-9(2)11-6-10(3)12(14-7-11)15-5-4-13-8-15;1-2/h4-9H,1-3H3;1-2H3. The van der Waals surface area contributed by atoms with E-state index >= 15 is 0 Å². The summed E-state index contributed by atoms with van der Waals surface area (Å²) in [7, 11) is 0. The zero-order chi connectivity index (χ0) is 12.8. The normalized spacial score (nSPS) is 10.0. The number of pyridine rings is 1. The fourth-order valence-electron chi connectivity index (χ4n) is 1.56. The molecule has 0 bridgehead atoms. The summed E-state index contributed by atoms with van der Waals surface area (Å²) in [5, 5.41) is 0. The van der Waals surface area contributed by atoms with Crippen LogP contribution >= 0.6 is 0 Å². The van der Waals surface area contributed by atoms with Crippen LogP contribution in [0.2, 0.25) is 0 Å². The van der Waals surface area contributed by atoms with Crippen molar-refractivity contribution in [3.05, 3.63) is 42.1 Å². The molecule has 2 rings (SSSR count). The van der Waals surface area contributed by atoms with E-state index in [9.17, 15) is 0 Å². The zero-order valence-electron chi connectivity index (χ0n) is 11.3. The van der Waals surface area contributed by atoms with Gasteiger partial charge in [-0.3, -0.25) is 4.57 Å². The Morgan fingerprint density at radius 1 is 1.24 bits per heavy atom. The van der Waals surface area contributed by atoms with Gasteiger partial charge in [0.15, 0.2) is 0 Å². The Morgan fingerprint density at radius 2 is 1.94 bits per heavy atom. The lowest BCUT2D eigenvalue weighted by molar-refractivity contribution is 0.847. The van der Waals surface area contributed by atoms with Crippen LogP contribution in [-0.4, -0.2) is 14.5 Å². The Labute approximate surface area is 104 Å². The highest BCUT2D eigenvalue weighted by Gasteiger charge is 2.05. The van der Waals surface area contributed by atoms with Gasteiger partial charge in [-0.15, -0.1) is 0 Å². The summed E-state index contributed by atoms with van der Waals surface area (Å²) in [6, 6.07) is 2.19. The minimum Gasteiger partial charge on any atom is -0.290 e. The molecule has 0 aromatic carbocycles. The molecule has 17 heavy (non-hydrogen) atoms. The van der Waals surface area contributed by atoms with Crippen LogP contribution in [0.15, 0.2) is 31.0 Å². The Kier molecular flexibility index (Phi) is 4.88. The summed E-state index contributed by atoms with van der Waals surface area (Å²) < 4.78 is 1.93. The first-order valence-electron chi connectivity index (χ1n) is 6.13. The van der Waals surface area contributed by atoms with Crippen LogP contribution in [0.5, 0.6) is 0 Å². The van der Waals surface area contributed by atoms with E-state index in [1.807, 2.05) is 30.8 Å². The number of aromatic nitrogens is 3. The third-order valence-electron chi connectivity index (χ3n) is 2.49. The van der Waals surface area contributed by atoms with E-state index in [0.29, 0.717) is 5.92 Å². The second kappa shape index (κ2) is 6.18. The van der Waals surface area contributed by atoms with E-state index in [2.05, 4.69) is 36.8 Å². The number of imidazole rings is 1. The number of rotatable bonds is 2. The molecule has 0 saturated heterocycles. The molecule has 3 heteroatoms. The third kappa shape index (κ3) is 3.16. The van der Waals surface area contributed by atoms with Gasteiger partial charge in [0.1, 0.15) is 12.1 Å². The minimum absolute atomic E-state index is 0.521. The van der Waals surface area contributed by atoms with Crippen LogP contribution in [0, 0.1) is 6.92 Å². The molecule has 0 unspecified atom stereocenters. The zero-order valence-corrected chi connectivity index (χ0v) is 11.3. The first kappa shape index (κ1) is 13.4. The van der Waals surface area contributed by atoms with Gasteiger partial charge in [0.25, 0.3) is 0 Å². The SMILES string of the molecule is CC.Cc1cc(C(C)C)cnc1-n1ccnc1. The minimum atomic E-state index is 0.521. The maximum absolute atomic E-state index is 4.46. The monoisotopic (exact) mass is 231 g/mol. The summed E-state index contributed by atoms with van der Waals surface area (Å²) in [5.41, 5.74) is 2.45. The Morgan fingerprint density at radius 3 is 2.41 bits per heavy atom. The van der Waals surface area contributed by atoms with Crippen LogP contribution in [0.3, 0.4) is 0 Å². The number of hydrogen-bond acceptors (Lipinski definition) is 2. The van der Waals surface area contributed by atoms with Gasteiger partial charge in [-0.05, 0) is 24.0 Å². The average Bonchev–Trinajstić information content (AvgIpc) is 2.85. The van der Waals surface area contributed by atoms with Crippen molar-refractivity contribution < 1.29 is 0 Å². The summed E-state index contributed by atoms with van der Waals surface area (Å²) in [4.78, 5) is 8.49. The fraction of sp³-hybridized carbons (Fsp3) is 0.429. The van der Waals surface area contributed by atoms with Crippen molar-refractivity contribution in [2.24, 2.45) is 0 Å². The first-order chi connectivity index (χ1) is 8.18. The molecule has 3 nitrogen and oxygen atoms in total. The lowest BCUT2D eigenvalue weighted by atomic mass is 10.0. The smallest absolute Gasteiger partial charge is 0.140 e. The van der Waals surface area contributed by atoms with Crippen molar-refractivity contribution >= 4 is 0 Å². The van der Waals surface area contributed by atoms with Crippen LogP contribution in [0.1, 0.15) is 44.7 Å². The van der Waals surface area contributed by atoms with Gasteiger partial charge in [-0.25, -0.2) is 9.97 Å². The van der Waals surface area contributed by atoms with Crippen LogP contribution < -0.4 is 0 Å². The van der Waals surface area contributed by atoms with Crippen molar-refractivity contribution in [3.63, 3.8) is 0 Å². The average molecular weight is 231 g/mol. The van der Waals surface area contributed by atoms with Crippen LogP contribution in [0.4, 0.5) is 0 Å². The van der Waals surface area contributed by atoms with Gasteiger partial charge >= 0.3 is 0 Å². The van der Waals surface area contributed by atoms with Gasteiger partial charge in [0.05, 0.1) is 0 Å². The van der Waals surface area contributed by atoms with E-state index < -0.39 is 0 Å². The fourth-order valence-corrected chi connectivity index (χ4v) is 1.56. The topological polar surface area (TPSA) is 30.7 Å². The van der Waals surface area contributed by atoms with Gasteiger partial charge in [0, 0.05) is 18.6 Å². The maximum atomic E-state index is 4.46. The molecule has 0 amide bonds. The summed E-state index contributed by atoms with van der Waals surface area (Å²) in [6.07, 6.45) is 7.37. The highest BCUT2D eigenvalue weighted by Crippen LogP contribution is 2.18. The largest absolute Gasteiger partial charge is 0.290 e. The molecule has 0 saturated carbocycles. The van der Waals surface area contributed by atoms with Crippen molar-refractivity contribution in [2.45, 2.75) is 40.5 Å². The van der Waals surface area contributed by atoms with Gasteiger partial charge in [-0.1, -0.05) is 33.8 Å². The summed E-state index contributed by atoms with van der Waals surface area (Å²) in [6.45, 7) is 10.4. The van der Waals surface area contributed by atoms with E-state index in [4.69, 9.17) is 0 Å². The van der Waals surface area contributed by atoms with Crippen molar-refractivity contribution in [3.8, 4) is 5.82 Å². The van der Waals surface area contributed by atoms with Gasteiger partial charge < -0.3 is 0 Å². The number of hydrogen-bond donors (Lipinski definition) is 0. The molecule has 2 aromatic heterocycles. The van der Waals surface area contributed by atoms with E-state index in [-0.39, 0.29) is 0 Å². The summed E-state index contributed by atoms with van der Waals surface area (Å²) in [5.74, 6) is 1.48. The third-order valence-corrected chi connectivity index (χ3v) is 2.49. The molecule has 0 aliphatic carbocycles. The van der Waals surface area contributed by atoms with Crippen molar-refractivity contribution in [1.29, 1.82) is 0 Å². The molecule has 0 radical (unpaired) electrons. The molecule has 0 atom stereocenters. The molecule has 92 valence electrons. The van der Waals surface area contributed by atoms with Gasteiger partial charge in [0.2, 0.25) is 0 Å². The Balaban J connectivity index is 0.000000686. The lowest BCUT2D eigenvalue weighted by Crippen LogP contribution is -2.00. The van der Waals surface area contributed by atoms with Gasteiger partial charge in [-0.2, -0.15) is 0 Å². The molecule has 2 aromatic rings. The predicted octanol–water partition coefficient (Wildman–Crippen LogP) is 3.73. The molecular weight excluding hydrogens is 210 g/mol. The number of nitrogens with zero attached hydrogens (tertiary/aromatic N) is 3. The highest BCUT2D eigenvalue weighted by atomic mass is 15.1. The van der Waals surface area contributed by atoms with E-state index in [1.165, 1.54) is 11.1 Å². The molecule has 0 spiro atoms. The second-order valence-electron chi connectivity index (χ2n) is 4.03. The highest BCUT2D eigenvalue weighted by molar-refractivity contribution is 5.36. The quantitative estimate of drug-likeness (QED) is 0.788. The molecule has 0 aliphatic heterocycles. The second-order valence-corrected chi connectivity index (χ2v) is 4.03. The molecule has 0 N–H and O–H groups in total. The Hall–Kier alpha value is -1.64. The van der Waals surface area contributed by atoms with Crippen LogP contribution in [0.25, 0.3) is 5.82 Å². The summed E-state index contributed by atoms with van der Waals surface area (Å²) >= 11 is 0. The first-order valence-corrected chi connectivity index (χ1v) is 6.13. The Bertz CT molecular complexity index is 444. The molecular formula is C14H21N3. The van der Waals surface area contributed by atoms with Crippen molar-refractivity contribution in [2.75, 3.05) is 0 Å². The van der Waals surface area contributed by atoms with E-state index in [0.717, 1.165) is 5.82 Å². The predicted molar refractivity (Wildman–Crippen MR) is 71.5 cm³/mol. The van der Waals surface area contributed by atoms with E-state index in [1.54, 1.807) is 12.5 Å². The number of aryl methyl sites for hydroxylation is 1. The molecule has 0 aliphatic rings. The molecule has 0 fully saturated rings. The van der Waals surface area contributed by atoms with Crippen LogP contribution in [-0.2, 0) is 0 Å². The molecule has 2 heterocycles.